The number of hydrogen-bond acceptors (Lipinski definition) is 3. The molecular weight excluding hydrogens is 203 g/mol. The zero-order chi connectivity index (χ0) is 11.7. The first kappa shape index (κ1) is 10.4. The minimum atomic E-state index is -0.110. The number of benzene rings is 2. The van der Waals surface area contributed by atoms with Crippen LogP contribution in [0.25, 0.3) is 11.1 Å². The molecule has 0 saturated heterocycles. The third-order valence-corrected chi connectivity index (χ3v) is 2.31. The van der Waals surface area contributed by atoms with Crippen molar-refractivity contribution >= 4 is 13.3 Å². The minimum absolute atomic E-state index is 0.0500. The molecule has 0 aromatic heterocycles. The fourth-order valence-corrected chi connectivity index (χ4v) is 1.56. The van der Waals surface area contributed by atoms with Crippen molar-refractivity contribution in [3.05, 3.63) is 36.4 Å². The van der Waals surface area contributed by atoms with E-state index in [0.29, 0.717) is 11.0 Å². The van der Waals surface area contributed by atoms with Crippen molar-refractivity contribution in [2.75, 3.05) is 0 Å². The standard InChI is InChI=1S/C12H9BO3/c13-7-4-5-9(14)8(6-7)12-10(15)2-1-3-11(12)16/h1-6,14-16H. The van der Waals surface area contributed by atoms with E-state index in [0.717, 1.165) is 0 Å². The summed E-state index contributed by atoms with van der Waals surface area (Å²) in [4.78, 5) is 0. The van der Waals surface area contributed by atoms with Gasteiger partial charge in [-0.15, -0.1) is 0 Å². The van der Waals surface area contributed by atoms with E-state index in [-0.39, 0.29) is 22.8 Å². The molecule has 0 spiro atoms. The molecule has 0 fully saturated rings. The quantitative estimate of drug-likeness (QED) is 0.623. The summed E-state index contributed by atoms with van der Waals surface area (Å²) < 4.78 is 0. The van der Waals surface area contributed by atoms with Gasteiger partial charge in [-0.1, -0.05) is 23.7 Å². The zero-order valence-corrected chi connectivity index (χ0v) is 8.38. The Balaban J connectivity index is 2.72. The smallest absolute Gasteiger partial charge is 0.127 e. The van der Waals surface area contributed by atoms with Crippen LogP contribution in [0.2, 0.25) is 0 Å². The number of hydrogen-bond donors (Lipinski definition) is 3. The van der Waals surface area contributed by atoms with Gasteiger partial charge in [-0.05, 0) is 18.2 Å². The van der Waals surface area contributed by atoms with Crippen molar-refractivity contribution in [2.24, 2.45) is 0 Å². The molecule has 0 atom stereocenters. The highest BCUT2D eigenvalue weighted by molar-refractivity contribution is 6.32. The summed E-state index contributed by atoms with van der Waals surface area (Å²) in [6.07, 6.45) is 0. The van der Waals surface area contributed by atoms with Gasteiger partial charge in [-0.2, -0.15) is 0 Å². The first-order valence-corrected chi connectivity index (χ1v) is 4.69. The summed E-state index contributed by atoms with van der Waals surface area (Å²) in [6, 6.07) is 8.81. The number of phenols is 3. The maximum Gasteiger partial charge on any atom is 0.127 e. The lowest BCUT2D eigenvalue weighted by atomic mass is 9.91. The maximum absolute atomic E-state index is 9.66. The second-order valence-corrected chi connectivity index (χ2v) is 3.45. The van der Waals surface area contributed by atoms with E-state index in [2.05, 4.69) is 0 Å². The molecule has 0 heterocycles. The largest absolute Gasteiger partial charge is 0.507 e. The van der Waals surface area contributed by atoms with Crippen LogP contribution in [0.5, 0.6) is 17.2 Å². The Morgan fingerprint density at radius 2 is 1.44 bits per heavy atom. The third-order valence-electron chi connectivity index (χ3n) is 2.31. The Bertz CT molecular complexity index is 518. The molecule has 2 aromatic rings. The van der Waals surface area contributed by atoms with Gasteiger partial charge in [0.05, 0.1) is 5.56 Å². The van der Waals surface area contributed by atoms with Crippen LogP contribution in [-0.2, 0) is 0 Å². The molecule has 0 bridgehead atoms. The number of rotatable bonds is 1. The molecule has 0 aliphatic rings. The Hall–Kier alpha value is -2.10. The van der Waals surface area contributed by atoms with Gasteiger partial charge in [0.15, 0.2) is 0 Å². The predicted octanol–water partition coefficient (Wildman–Crippen LogP) is 1.26. The molecule has 0 unspecified atom stereocenters. The molecule has 2 aromatic carbocycles. The van der Waals surface area contributed by atoms with E-state index < -0.39 is 0 Å². The molecule has 0 saturated carbocycles. The van der Waals surface area contributed by atoms with E-state index in [1.807, 2.05) is 0 Å². The highest BCUT2D eigenvalue weighted by Gasteiger charge is 2.13. The lowest BCUT2D eigenvalue weighted by molar-refractivity contribution is 0.450. The summed E-state index contributed by atoms with van der Waals surface area (Å²) in [5.74, 6) is -0.271. The van der Waals surface area contributed by atoms with Crippen LogP contribution in [0.1, 0.15) is 0 Å². The fourth-order valence-electron chi connectivity index (χ4n) is 1.56. The van der Waals surface area contributed by atoms with E-state index in [1.54, 1.807) is 0 Å². The van der Waals surface area contributed by atoms with Gasteiger partial charge in [-0.25, -0.2) is 0 Å². The Labute approximate surface area is 94.0 Å². The molecule has 3 nitrogen and oxygen atoms in total. The fraction of sp³-hybridized carbons (Fsp3) is 0. The van der Waals surface area contributed by atoms with Crippen LogP contribution in [0.15, 0.2) is 36.4 Å². The summed E-state index contributed by atoms with van der Waals surface area (Å²) in [5.41, 5.74) is 0.915. The molecule has 2 rings (SSSR count). The Morgan fingerprint density at radius 3 is 2.06 bits per heavy atom. The van der Waals surface area contributed by atoms with Crippen LogP contribution in [0.3, 0.4) is 0 Å². The third kappa shape index (κ3) is 1.69. The second-order valence-electron chi connectivity index (χ2n) is 3.45. The summed E-state index contributed by atoms with van der Waals surface area (Å²) in [7, 11) is 5.59. The maximum atomic E-state index is 9.66. The molecule has 0 aliphatic carbocycles. The highest BCUT2D eigenvalue weighted by Crippen LogP contribution is 2.40. The van der Waals surface area contributed by atoms with Gasteiger partial charge in [0.25, 0.3) is 0 Å². The minimum Gasteiger partial charge on any atom is -0.507 e. The van der Waals surface area contributed by atoms with Crippen LogP contribution >= 0.6 is 0 Å². The highest BCUT2D eigenvalue weighted by atomic mass is 16.3. The summed E-state index contributed by atoms with van der Waals surface area (Å²) in [6.45, 7) is 0. The molecule has 0 aliphatic heterocycles. The summed E-state index contributed by atoms with van der Waals surface area (Å²) >= 11 is 0. The van der Waals surface area contributed by atoms with Gasteiger partial charge in [0, 0.05) is 5.56 Å². The van der Waals surface area contributed by atoms with Crippen molar-refractivity contribution in [1.29, 1.82) is 0 Å². The average Bonchev–Trinajstić information content (AvgIpc) is 2.23. The molecular formula is C12H9BO3. The number of aromatic hydroxyl groups is 3. The van der Waals surface area contributed by atoms with Crippen molar-refractivity contribution in [3.63, 3.8) is 0 Å². The second kappa shape index (κ2) is 3.81. The van der Waals surface area contributed by atoms with Crippen molar-refractivity contribution < 1.29 is 15.3 Å². The summed E-state index contributed by atoms with van der Waals surface area (Å²) in [5, 5.41) is 29.0. The molecule has 78 valence electrons. The lowest BCUT2D eigenvalue weighted by Gasteiger charge is -2.09. The van der Waals surface area contributed by atoms with Crippen LogP contribution in [0.4, 0.5) is 0 Å². The molecule has 16 heavy (non-hydrogen) atoms. The van der Waals surface area contributed by atoms with Crippen LogP contribution < -0.4 is 5.46 Å². The van der Waals surface area contributed by atoms with Crippen molar-refractivity contribution in [2.45, 2.75) is 0 Å². The topological polar surface area (TPSA) is 60.7 Å². The van der Waals surface area contributed by atoms with E-state index in [9.17, 15) is 15.3 Å². The monoisotopic (exact) mass is 212 g/mol. The van der Waals surface area contributed by atoms with Crippen LogP contribution in [0, 0.1) is 0 Å². The van der Waals surface area contributed by atoms with Gasteiger partial charge in [0.1, 0.15) is 25.1 Å². The van der Waals surface area contributed by atoms with Gasteiger partial charge < -0.3 is 15.3 Å². The first-order valence-electron chi connectivity index (χ1n) is 4.69. The molecule has 2 radical (unpaired) electrons. The van der Waals surface area contributed by atoms with Crippen molar-refractivity contribution in [1.82, 2.24) is 0 Å². The SMILES string of the molecule is [B]c1ccc(O)c(-c2c(O)cccc2O)c1. The zero-order valence-electron chi connectivity index (χ0n) is 8.38. The van der Waals surface area contributed by atoms with E-state index in [1.165, 1.54) is 36.4 Å². The normalized spacial score (nSPS) is 10.2. The average molecular weight is 212 g/mol. The van der Waals surface area contributed by atoms with E-state index in [4.69, 9.17) is 7.85 Å². The first-order chi connectivity index (χ1) is 7.59. The van der Waals surface area contributed by atoms with Gasteiger partial charge >= 0.3 is 0 Å². The van der Waals surface area contributed by atoms with Crippen LogP contribution in [-0.4, -0.2) is 23.2 Å². The molecule has 4 heteroatoms. The van der Waals surface area contributed by atoms with Gasteiger partial charge in [0.2, 0.25) is 0 Å². The van der Waals surface area contributed by atoms with Gasteiger partial charge in [-0.3, -0.25) is 0 Å². The molecule has 3 N–H and O–H groups in total. The van der Waals surface area contributed by atoms with Crippen molar-refractivity contribution in [3.8, 4) is 28.4 Å². The predicted molar refractivity (Wildman–Crippen MR) is 62.3 cm³/mol. The van der Waals surface area contributed by atoms with E-state index >= 15 is 0 Å². The lowest BCUT2D eigenvalue weighted by Crippen LogP contribution is -2.00. The number of phenolic OH excluding ortho intramolecular Hbond substituents is 3. The Kier molecular flexibility index (Phi) is 2.48. The molecule has 0 amide bonds. The Morgan fingerprint density at radius 1 is 0.812 bits per heavy atom.